The standard InChI is InChI=1S/C24H42N5O7PS/c1-24(2,3)17-16-19(31)29(20(17)32)10-8-18(30)25-9-14-37-22(34)27(6)11-12-28(7)23(35)38-15-13-36-21(33)26(4)5/h17,37H,8-16H2,1-7H3,(H,25,30). The van der Waals surface area contributed by atoms with Crippen LogP contribution in [0.15, 0.2) is 0 Å². The molecule has 216 valence electrons. The molecular weight excluding hydrogens is 533 g/mol. The van der Waals surface area contributed by atoms with Crippen molar-refractivity contribution in [2.45, 2.75) is 33.6 Å². The molecular formula is C24H42N5O7PS. The second-order valence-corrected chi connectivity index (χ2v) is 12.6. The van der Waals surface area contributed by atoms with E-state index in [1.165, 1.54) is 14.7 Å². The Balaban J connectivity index is 2.21. The predicted octanol–water partition coefficient (Wildman–Crippen LogP) is 2.13. The number of thioether (sulfide) groups is 1. The van der Waals surface area contributed by atoms with Crippen molar-refractivity contribution < 1.29 is 33.5 Å². The van der Waals surface area contributed by atoms with Crippen LogP contribution in [0.2, 0.25) is 0 Å². The number of likely N-dealkylation sites (tertiary alicyclic amines) is 1. The van der Waals surface area contributed by atoms with Crippen LogP contribution in [0.25, 0.3) is 0 Å². The first-order valence-corrected chi connectivity index (χ1v) is 14.7. The van der Waals surface area contributed by atoms with Gasteiger partial charge in [-0.1, -0.05) is 32.5 Å². The lowest BCUT2D eigenvalue weighted by atomic mass is 9.80. The van der Waals surface area contributed by atoms with Gasteiger partial charge in [-0.05, 0) is 20.2 Å². The number of ether oxygens (including phenoxy) is 1. The van der Waals surface area contributed by atoms with E-state index >= 15 is 0 Å². The molecule has 0 spiro atoms. The van der Waals surface area contributed by atoms with E-state index < -0.39 is 6.09 Å². The molecule has 2 atom stereocenters. The molecule has 1 N–H and O–H groups in total. The van der Waals surface area contributed by atoms with Gasteiger partial charge in [-0.2, -0.15) is 0 Å². The highest BCUT2D eigenvalue weighted by Gasteiger charge is 2.44. The number of rotatable bonds is 13. The molecule has 1 fully saturated rings. The van der Waals surface area contributed by atoms with Crippen molar-refractivity contribution in [3.8, 4) is 0 Å². The number of hydrogen-bond acceptors (Lipinski definition) is 8. The molecule has 0 radical (unpaired) electrons. The van der Waals surface area contributed by atoms with Crippen molar-refractivity contribution in [2.75, 3.05) is 72.9 Å². The summed E-state index contributed by atoms with van der Waals surface area (Å²) < 4.78 is 4.97. The van der Waals surface area contributed by atoms with E-state index in [9.17, 15) is 28.8 Å². The molecule has 1 rings (SSSR count). The van der Waals surface area contributed by atoms with E-state index in [4.69, 9.17) is 4.74 Å². The highest BCUT2D eigenvalue weighted by atomic mass is 32.2. The Kier molecular flexibility index (Phi) is 14.1. The molecule has 1 aliphatic heterocycles. The van der Waals surface area contributed by atoms with Crippen LogP contribution < -0.4 is 5.32 Å². The lowest BCUT2D eigenvalue weighted by molar-refractivity contribution is -0.140. The monoisotopic (exact) mass is 575 g/mol. The number of amides is 6. The van der Waals surface area contributed by atoms with E-state index in [0.29, 0.717) is 31.5 Å². The third-order valence-corrected chi connectivity index (χ3v) is 8.02. The number of carbonyl (C=O) groups is 6. The Labute approximate surface area is 231 Å². The van der Waals surface area contributed by atoms with Crippen LogP contribution in [0.3, 0.4) is 0 Å². The van der Waals surface area contributed by atoms with E-state index in [2.05, 4.69) is 5.32 Å². The van der Waals surface area contributed by atoms with Crippen molar-refractivity contribution in [1.82, 2.24) is 24.9 Å². The minimum Gasteiger partial charge on any atom is -0.449 e. The zero-order chi connectivity index (χ0) is 29.0. The maximum atomic E-state index is 12.5. The van der Waals surface area contributed by atoms with Gasteiger partial charge in [0.15, 0.2) is 0 Å². The van der Waals surface area contributed by atoms with Crippen LogP contribution >= 0.6 is 20.3 Å². The SMILES string of the molecule is CN(C)C(=O)OCCSC(=O)N(C)CCN(C)C(=O)PCCNC(=O)CCN1C(=O)CC(C(C)(C)C)C1=O. The summed E-state index contributed by atoms with van der Waals surface area (Å²) in [6.07, 6.45) is 0.217. The van der Waals surface area contributed by atoms with Gasteiger partial charge in [-0.3, -0.25) is 28.9 Å². The molecule has 1 aliphatic rings. The van der Waals surface area contributed by atoms with E-state index in [-0.39, 0.29) is 74.5 Å². The third kappa shape index (κ3) is 11.6. The summed E-state index contributed by atoms with van der Waals surface area (Å²) in [7, 11) is 6.42. The first-order chi connectivity index (χ1) is 17.6. The average molecular weight is 576 g/mol. The second kappa shape index (κ2) is 15.9. The van der Waals surface area contributed by atoms with Gasteiger partial charge in [0.2, 0.25) is 23.4 Å². The maximum absolute atomic E-state index is 12.5. The zero-order valence-corrected chi connectivity index (χ0v) is 25.3. The largest absolute Gasteiger partial charge is 0.449 e. The molecule has 0 aromatic carbocycles. The van der Waals surface area contributed by atoms with Crippen molar-refractivity contribution in [3.05, 3.63) is 0 Å². The van der Waals surface area contributed by atoms with Gasteiger partial charge in [-0.25, -0.2) is 4.79 Å². The number of nitrogens with zero attached hydrogens (tertiary/aromatic N) is 4. The van der Waals surface area contributed by atoms with Gasteiger partial charge in [0.25, 0.3) is 5.24 Å². The summed E-state index contributed by atoms with van der Waals surface area (Å²) >= 11 is 1.04. The van der Waals surface area contributed by atoms with Crippen LogP contribution in [-0.2, 0) is 19.1 Å². The molecule has 0 saturated carbocycles. The average Bonchev–Trinajstić information content (AvgIpc) is 3.14. The molecule has 6 amide bonds. The summed E-state index contributed by atoms with van der Waals surface area (Å²) in [5.74, 6) is -0.758. The summed E-state index contributed by atoms with van der Waals surface area (Å²) in [6.45, 7) is 7.00. The van der Waals surface area contributed by atoms with E-state index in [0.717, 1.165) is 11.8 Å². The Morgan fingerprint density at radius 3 is 2.29 bits per heavy atom. The van der Waals surface area contributed by atoms with Gasteiger partial charge < -0.3 is 24.8 Å². The fraction of sp³-hybridized carbons (Fsp3) is 0.750. The van der Waals surface area contributed by atoms with Crippen LogP contribution in [0.4, 0.5) is 14.4 Å². The number of likely N-dealkylation sites (N-methyl/N-ethyl adjacent to an activating group) is 2. The Morgan fingerprint density at radius 2 is 1.71 bits per heavy atom. The number of hydrogen-bond donors (Lipinski definition) is 1. The number of carbonyl (C=O) groups excluding carboxylic acids is 6. The molecule has 0 bridgehead atoms. The lowest BCUT2D eigenvalue weighted by Crippen LogP contribution is -2.37. The maximum Gasteiger partial charge on any atom is 0.409 e. The summed E-state index contributed by atoms with van der Waals surface area (Å²) in [4.78, 5) is 78.2. The minimum absolute atomic E-state index is 0.0295. The van der Waals surface area contributed by atoms with E-state index in [1.807, 2.05) is 20.8 Å². The van der Waals surface area contributed by atoms with Crippen LogP contribution in [0, 0.1) is 11.3 Å². The van der Waals surface area contributed by atoms with Gasteiger partial charge in [0, 0.05) is 73.0 Å². The van der Waals surface area contributed by atoms with Crippen LogP contribution in [0.5, 0.6) is 0 Å². The van der Waals surface area contributed by atoms with Crippen LogP contribution in [-0.4, -0.2) is 127 Å². The normalized spacial score (nSPS) is 15.7. The van der Waals surface area contributed by atoms with Gasteiger partial charge in [0.05, 0.1) is 5.92 Å². The summed E-state index contributed by atoms with van der Waals surface area (Å²) in [6, 6.07) is 0. The van der Waals surface area contributed by atoms with Gasteiger partial charge in [-0.15, -0.1) is 0 Å². The van der Waals surface area contributed by atoms with Crippen molar-refractivity contribution in [2.24, 2.45) is 11.3 Å². The lowest BCUT2D eigenvalue weighted by Gasteiger charge is -2.24. The van der Waals surface area contributed by atoms with Crippen molar-refractivity contribution in [3.63, 3.8) is 0 Å². The smallest absolute Gasteiger partial charge is 0.409 e. The Bertz CT molecular complexity index is 881. The van der Waals surface area contributed by atoms with Gasteiger partial charge >= 0.3 is 6.09 Å². The molecule has 38 heavy (non-hydrogen) atoms. The molecule has 0 aliphatic carbocycles. The Morgan fingerprint density at radius 1 is 1.08 bits per heavy atom. The third-order valence-electron chi connectivity index (χ3n) is 5.90. The molecule has 2 unspecified atom stereocenters. The Hall–Kier alpha value is -2.40. The van der Waals surface area contributed by atoms with Gasteiger partial charge in [0.1, 0.15) is 6.61 Å². The minimum atomic E-state index is -0.462. The molecule has 0 aromatic heterocycles. The fourth-order valence-electron chi connectivity index (χ4n) is 3.39. The number of nitrogens with one attached hydrogen (secondary N) is 1. The molecule has 0 aromatic rings. The predicted molar refractivity (Wildman–Crippen MR) is 149 cm³/mol. The zero-order valence-electron chi connectivity index (χ0n) is 23.5. The highest BCUT2D eigenvalue weighted by molar-refractivity contribution is 8.13. The summed E-state index contributed by atoms with van der Waals surface area (Å²) in [5, 5.41) is 2.56. The van der Waals surface area contributed by atoms with E-state index in [1.54, 1.807) is 33.1 Å². The van der Waals surface area contributed by atoms with Crippen molar-refractivity contribution in [1.29, 1.82) is 0 Å². The second-order valence-electron chi connectivity index (χ2n) is 10.3. The molecule has 14 heteroatoms. The topological polar surface area (TPSA) is 137 Å². The molecule has 12 nitrogen and oxygen atoms in total. The quantitative estimate of drug-likeness (QED) is 0.200. The fourth-order valence-corrected chi connectivity index (χ4v) is 4.89. The van der Waals surface area contributed by atoms with Crippen molar-refractivity contribution >= 4 is 55.0 Å². The molecule has 1 saturated heterocycles. The first kappa shape index (κ1) is 33.6. The molecule has 1 heterocycles. The summed E-state index contributed by atoms with van der Waals surface area (Å²) in [5.41, 5.74) is -0.386. The first-order valence-electron chi connectivity index (χ1n) is 12.5. The van der Waals surface area contributed by atoms with Crippen LogP contribution in [0.1, 0.15) is 33.6 Å². The number of imide groups is 1. The highest BCUT2D eigenvalue weighted by Crippen LogP contribution is 2.35.